The SMILES string of the molecule is CC1NC(=O)C(C(C)C)OC(=O)C(C)(C)C=Cc2ccc3ccc(nc3c2)C(C)NC(=O)C2CCCN(N2)C1=O. The van der Waals surface area contributed by atoms with Gasteiger partial charge < -0.3 is 15.4 Å². The number of aromatic nitrogens is 1. The summed E-state index contributed by atoms with van der Waals surface area (Å²) in [7, 11) is 0. The summed E-state index contributed by atoms with van der Waals surface area (Å²) in [6.07, 6.45) is 3.67. The second kappa shape index (κ2) is 11.8. The molecule has 1 aromatic heterocycles. The summed E-state index contributed by atoms with van der Waals surface area (Å²) in [5.74, 6) is -2.04. The molecule has 10 heteroatoms. The molecule has 4 unspecified atom stereocenters. The summed E-state index contributed by atoms with van der Waals surface area (Å²) in [5.41, 5.74) is 4.30. The van der Waals surface area contributed by atoms with Gasteiger partial charge in [-0.2, -0.15) is 0 Å². The number of carbonyl (C=O) groups excluding carboxylic acids is 4. The van der Waals surface area contributed by atoms with Crippen molar-refractivity contribution in [2.24, 2.45) is 11.3 Å². The minimum Gasteiger partial charge on any atom is -0.451 e. The smallest absolute Gasteiger partial charge is 0.316 e. The van der Waals surface area contributed by atoms with Crippen LogP contribution in [0.2, 0.25) is 0 Å². The summed E-state index contributed by atoms with van der Waals surface area (Å²) < 4.78 is 5.70. The summed E-state index contributed by atoms with van der Waals surface area (Å²) in [6.45, 7) is 10.9. The number of pyridine rings is 1. The van der Waals surface area contributed by atoms with Crippen molar-refractivity contribution >= 4 is 40.7 Å². The van der Waals surface area contributed by atoms with Crippen molar-refractivity contribution in [2.75, 3.05) is 6.54 Å². The van der Waals surface area contributed by atoms with Crippen LogP contribution in [0.4, 0.5) is 0 Å². The highest BCUT2D eigenvalue weighted by Gasteiger charge is 2.36. The van der Waals surface area contributed by atoms with E-state index in [0.717, 1.165) is 16.5 Å². The number of cyclic esters (lactones) is 1. The number of esters is 1. The van der Waals surface area contributed by atoms with E-state index in [1.807, 2.05) is 43.3 Å². The maximum absolute atomic E-state index is 13.2. The first-order chi connectivity index (χ1) is 18.9. The van der Waals surface area contributed by atoms with Gasteiger partial charge in [0.25, 0.3) is 11.8 Å². The highest BCUT2D eigenvalue weighted by Crippen LogP contribution is 2.25. The molecule has 214 valence electrons. The van der Waals surface area contributed by atoms with Crippen molar-refractivity contribution in [1.82, 2.24) is 26.1 Å². The summed E-state index contributed by atoms with van der Waals surface area (Å²) in [6, 6.07) is 7.78. The highest BCUT2D eigenvalue weighted by molar-refractivity contribution is 5.91. The Morgan fingerprint density at radius 3 is 2.42 bits per heavy atom. The van der Waals surface area contributed by atoms with Gasteiger partial charge in [0.1, 0.15) is 12.1 Å². The molecule has 0 saturated carbocycles. The quantitative estimate of drug-likeness (QED) is 0.466. The molecule has 2 aromatic rings. The van der Waals surface area contributed by atoms with E-state index in [9.17, 15) is 19.2 Å². The maximum atomic E-state index is 13.2. The zero-order valence-electron chi connectivity index (χ0n) is 24.0. The molecule has 0 aliphatic carbocycles. The van der Waals surface area contributed by atoms with Crippen LogP contribution >= 0.6 is 0 Å². The van der Waals surface area contributed by atoms with E-state index in [0.29, 0.717) is 25.1 Å². The number of benzene rings is 1. The van der Waals surface area contributed by atoms with Gasteiger partial charge in [0.05, 0.1) is 22.7 Å². The number of hydrogen-bond acceptors (Lipinski definition) is 7. The molecule has 10 nitrogen and oxygen atoms in total. The molecule has 3 heterocycles. The van der Waals surface area contributed by atoms with Crippen LogP contribution in [-0.4, -0.2) is 58.4 Å². The Balaban J connectivity index is 1.70. The zero-order valence-corrected chi connectivity index (χ0v) is 24.0. The van der Waals surface area contributed by atoms with E-state index in [-0.39, 0.29) is 23.8 Å². The van der Waals surface area contributed by atoms with Crippen LogP contribution in [0.25, 0.3) is 17.0 Å². The van der Waals surface area contributed by atoms with Crippen molar-refractivity contribution in [3.63, 3.8) is 0 Å². The van der Waals surface area contributed by atoms with Crippen LogP contribution in [0.15, 0.2) is 36.4 Å². The predicted molar refractivity (Wildman–Crippen MR) is 151 cm³/mol. The molecular weight excluding hydrogens is 510 g/mol. The number of carbonyl (C=O) groups is 4. The molecule has 1 fully saturated rings. The lowest BCUT2D eigenvalue weighted by Crippen LogP contribution is -2.61. The third-order valence-electron chi connectivity index (χ3n) is 7.35. The van der Waals surface area contributed by atoms with E-state index < -0.39 is 35.5 Å². The van der Waals surface area contributed by atoms with Crippen LogP contribution in [0.5, 0.6) is 0 Å². The number of rotatable bonds is 1. The number of hydrogen-bond donors (Lipinski definition) is 3. The first kappa shape index (κ1) is 29.2. The van der Waals surface area contributed by atoms with Gasteiger partial charge >= 0.3 is 5.97 Å². The van der Waals surface area contributed by atoms with Gasteiger partial charge in [-0.15, -0.1) is 0 Å². The van der Waals surface area contributed by atoms with Gasteiger partial charge in [-0.05, 0) is 64.2 Å². The first-order valence-electron chi connectivity index (χ1n) is 13.8. The summed E-state index contributed by atoms with van der Waals surface area (Å²) >= 11 is 0. The van der Waals surface area contributed by atoms with Gasteiger partial charge in [-0.1, -0.05) is 44.2 Å². The minimum absolute atomic E-state index is 0.236. The Morgan fingerprint density at radius 2 is 1.70 bits per heavy atom. The van der Waals surface area contributed by atoms with Crippen LogP contribution in [0.3, 0.4) is 0 Å². The molecule has 4 atom stereocenters. The van der Waals surface area contributed by atoms with Crippen molar-refractivity contribution < 1.29 is 23.9 Å². The molecule has 2 aliphatic heterocycles. The van der Waals surface area contributed by atoms with E-state index in [2.05, 4.69) is 16.1 Å². The van der Waals surface area contributed by atoms with Crippen LogP contribution in [0, 0.1) is 11.3 Å². The number of nitrogens with one attached hydrogen (secondary N) is 3. The Morgan fingerprint density at radius 1 is 1.00 bits per heavy atom. The van der Waals surface area contributed by atoms with Crippen LogP contribution < -0.4 is 16.1 Å². The average Bonchev–Trinajstić information content (AvgIpc) is 2.92. The van der Waals surface area contributed by atoms with Crippen molar-refractivity contribution in [3.05, 3.63) is 47.7 Å². The lowest BCUT2D eigenvalue weighted by molar-refractivity contribution is -0.165. The normalized spacial score (nSPS) is 26.4. The minimum atomic E-state index is -1.08. The van der Waals surface area contributed by atoms with Gasteiger partial charge in [0, 0.05) is 11.9 Å². The number of nitrogens with zero attached hydrogens (tertiary/aromatic N) is 2. The molecule has 3 N–H and O–H groups in total. The van der Waals surface area contributed by atoms with E-state index in [1.54, 1.807) is 40.7 Å². The molecule has 2 aliphatic rings. The molecule has 1 saturated heterocycles. The number of amides is 3. The standard InChI is InChI=1S/C30H39N5O5/c1-17(2)25-27(37)32-19(4)28(38)35-15-7-8-23(34-35)26(36)31-18(3)22-12-11-21-10-9-20(16-24(21)33-22)13-14-30(5,6)29(39)40-25/h9-14,16-19,23,25,34H,7-8,15H2,1-6H3,(H,31,36)(H,32,37). The molecule has 4 rings (SSSR count). The second-order valence-electron chi connectivity index (χ2n) is 11.6. The molecule has 40 heavy (non-hydrogen) atoms. The van der Waals surface area contributed by atoms with E-state index in [1.165, 1.54) is 5.01 Å². The third-order valence-corrected chi connectivity index (χ3v) is 7.35. The monoisotopic (exact) mass is 549 g/mol. The topological polar surface area (TPSA) is 130 Å². The molecule has 5 bridgehead atoms. The van der Waals surface area contributed by atoms with Gasteiger partial charge in [0.15, 0.2) is 6.10 Å². The fraction of sp³-hybridized carbons (Fsp3) is 0.500. The van der Waals surface area contributed by atoms with Gasteiger partial charge in [-0.25, -0.2) is 5.43 Å². The van der Waals surface area contributed by atoms with E-state index >= 15 is 0 Å². The Hall–Kier alpha value is -3.79. The van der Waals surface area contributed by atoms with Crippen LogP contribution in [-0.2, 0) is 23.9 Å². The van der Waals surface area contributed by atoms with Crippen molar-refractivity contribution in [1.29, 1.82) is 0 Å². The zero-order chi connectivity index (χ0) is 29.2. The predicted octanol–water partition coefficient (Wildman–Crippen LogP) is 3.03. The molecule has 0 radical (unpaired) electrons. The number of ether oxygens (including phenoxy) is 1. The lowest BCUT2D eigenvalue weighted by atomic mass is 9.92. The second-order valence-corrected chi connectivity index (χ2v) is 11.6. The fourth-order valence-corrected chi connectivity index (χ4v) is 4.74. The molecule has 1 aromatic carbocycles. The maximum Gasteiger partial charge on any atom is 0.316 e. The Labute approximate surface area is 234 Å². The number of fused-ring (bicyclic) bond motifs is 4. The number of hydrazine groups is 1. The van der Waals surface area contributed by atoms with E-state index in [4.69, 9.17) is 9.72 Å². The largest absolute Gasteiger partial charge is 0.451 e. The highest BCUT2D eigenvalue weighted by atomic mass is 16.5. The van der Waals surface area contributed by atoms with Crippen molar-refractivity contribution in [2.45, 2.75) is 78.6 Å². The third kappa shape index (κ3) is 6.50. The first-order valence-corrected chi connectivity index (χ1v) is 13.8. The Bertz CT molecular complexity index is 1340. The van der Waals surface area contributed by atoms with Crippen molar-refractivity contribution in [3.8, 4) is 0 Å². The summed E-state index contributed by atoms with van der Waals surface area (Å²) in [5, 5.41) is 8.03. The average molecular weight is 550 g/mol. The van der Waals surface area contributed by atoms with Gasteiger partial charge in [0.2, 0.25) is 5.91 Å². The molecular formula is C30H39N5O5. The summed E-state index contributed by atoms with van der Waals surface area (Å²) in [4.78, 5) is 57.5. The molecule has 0 spiro atoms. The van der Waals surface area contributed by atoms with Crippen LogP contribution in [0.1, 0.15) is 71.7 Å². The Kier molecular flexibility index (Phi) is 8.58. The molecule has 3 amide bonds. The van der Waals surface area contributed by atoms with Gasteiger partial charge in [-0.3, -0.25) is 29.2 Å². The fourth-order valence-electron chi connectivity index (χ4n) is 4.74. The lowest BCUT2D eigenvalue weighted by Gasteiger charge is -2.35.